The summed E-state index contributed by atoms with van der Waals surface area (Å²) in [6.07, 6.45) is 6.14. The first-order chi connectivity index (χ1) is 14.5. The Labute approximate surface area is 175 Å². The molecule has 2 aliphatic heterocycles. The number of nitrogens with zero attached hydrogens (tertiary/aromatic N) is 5. The van der Waals surface area contributed by atoms with Gasteiger partial charge in [-0.2, -0.15) is 0 Å². The van der Waals surface area contributed by atoms with Crippen molar-refractivity contribution in [3.8, 4) is 11.1 Å². The Morgan fingerprint density at radius 1 is 1.27 bits per heavy atom. The largest absolute Gasteiger partial charge is 0.353 e. The second-order valence-corrected chi connectivity index (χ2v) is 8.35. The summed E-state index contributed by atoms with van der Waals surface area (Å²) < 4.78 is 13.3. The van der Waals surface area contributed by atoms with Crippen molar-refractivity contribution >= 4 is 29.0 Å². The summed E-state index contributed by atoms with van der Waals surface area (Å²) in [4.78, 5) is 29.7. The zero-order chi connectivity index (χ0) is 20.9. The molecule has 0 spiro atoms. The molecule has 2 aliphatic rings. The third kappa shape index (κ3) is 2.83. The number of anilines is 1. The van der Waals surface area contributed by atoms with E-state index in [0.717, 1.165) is 16.0 Å². The molecule has 152 valence electrons. The van der Waals surface area contributed by atoms with Crippen molar-refractivity contribution in [2.24, 2.45) is 5.92 Å². The number of rotatable bonds is 3. The van der Waals surface area contributed by atoms with Crippen LogP contribution >= 0.6 is 11.3 Å². The highest BCUT2D eigenvalue weighted by Gasteiger charge is 2.57. The number of guanidine groups is 1. The van der Waals surface area contributed by atoms with Gasteiger partial charge in [0.2, 0.25) is 5.91 Å². The van der Waals surface area contributed by atoms with Gasteiger partial charge in [0.15, 0.2) is 5.96 Å². The Morgan fingerprint density at radius 3 is 2.80 bits per heavy atom. The summed E-state index contributed by atoms with van der Waals surface area (Å²) in [5, 5.41) is 13.6. The van der Waals surface area contributed by atoms with E-state index in [9.17, 15) is 9.18 Å². The first kappa shape index (κ1) is 18.6. The van der Waals surface area contributed by atoms with Gasteiger partial charge in [-0.15, -0.1) is 11.3 Å². The third-order valence-electron chi connectivity index (χ3n) is 5.71. The van der Waals surface area contributed by atoms with Gasteiger partial charge in [-0.25, -0.2) is 19.3 Å². The average Bonchev–Trinajstić information content (AvgIpc) is 3.40. The van der Waals surface area contributed by atoms with Crippen LogP contribution in [0.15, 0.2) is 48.5 Å². The second-order valence-electron chi connectivity index (χ2n) is 7.44. The standard InChI is InChI=1S/C20H18FN7OS/c1-27-18(29)15-8-28(17-3-2-14(21)7-25-17)10-20(15,26-19(27)22)16-4-12(9-30-16)13-5-23-11-24-6-13/h2-7,9,11,15H,8,10H2,1H3,(H2,22,26)/t15?,20-/m0/s1. The van der Waals surface area contributed by atoms with Crippen LogP contribution in [0, 0.1) is 17.1 Å². The number of nitrogens with one attached hydrogen (secondary N) is 2. The number of thiophene rings is 1. The maximum absolute atomic E-state index is 13.3. The SMILES string of the molecule is CN1C(=N)N[C@@]2(c3cc(-c4cncnc4)cs3)CN(c3ccc(F)cn3)CC2C1=O. The van der Waals surface area contributed by atoms with E-state index in [2.05, 4.69) is 20.3 Å². The molecular formula is C20H18FN7OS. The lowest BCUT2D eigenvalue weighted by Gasteiger charge is -2.42. The highest BCUT2D eigenvalue weighted by atomic mass is 32.1. The average molecular weight is 423 g/mol. The molecular weight excluding hydrogens is 405 g/mol. The number of aromatic nitrogens is 3. The monoisotopic (exact) mass is 423 g/mol. The molecule has 0 bridgehead atoms. The van der Waals surface area contributed by atoms with E-state index in [1.807, 2.05) is 16.3 Å². The fourth-order valence-electron chi connectivity index (χ4n) is 4.12. The number of amides is 1. The van der Waals surface area contributed by atoms with Crippen molar-refractivity contribution < 1.29 is 9.18 Å². The molecule has 3 aromatic rings. The van der Waals surface area contributed by atoms with Gasteiger partial charge in [-0.3, -0.25) is 15.1 Å². The van der Waals surface area contributed by atoms with Crippen molar-refractivity contribution in [3.63, 3.8) is 0 Å². The van der Waals surface area contributed by atoms with Crippen LogP contribution in [-0.4, -0.2) is 51.9 Å². The molecule has 0 aliphatic carbocycles. The van der Waals surface area contributed by atoms with Gasteiger partial charge < -0.3 is 10.2 Å². The summed E-state index contributed by atoms with van der Waals surface area (Å²) in [6.45, 7) is 0.854. The number of carbonyl (C=O) groups is 1. The number of pyridine rings is 1. The van der Waals surface area contributed by atoms with Crippen LogP contribution in [-0.2, 0) is 10.3 Å². The molecule has 2 saturated heterocycles. The maximum Gasteiger partial charge on any atom is 0.236 e. The van der Waals surface area contributed by atoms with E-state index >= 15 is 0 Å². The van der Waals surface area contributed by atoms with Crippen LogP contribution in [0.5, 0.6) is 0 Å². The van der Waals surface area contributed by atoms with E-state index in [-0.39, 0.29) is 11.9 Å². The molecule has 2 atom stereocenters. The van der Waals surface area contributed by atoms with Crippen molar-refractivity contribution in [1.82, 2.24) is 25.2 Å². The van der Waals surface area contributed by atoms with Gasteiger partial charge in [0, 0.05) is 43.0 Å². The first-order valence-corrected chi connectivity index (χ1v) is 10.2. The van der Waals surface area contributed by atoms with Gasteiger partial charge in [0.05, 0.1) is 12.1 Å². The number of halogens is 1. The fraction of sp³-hybridized carbons (Fsp3) is 0.250. The Morgan fingerprint density at radius 2 is 2.07 bits per heavy atom. The minimum absolute atomic E-state index is 0.0585. The van der Waals surface area contributed by atoms with Crippen molar-refractivity contribution in [1.29, 1.82) is 5.41 Å². The third-order valence-corrected chi connectivity index (χ3v) is 6.82. The summed E-state index contributed by atoms with van der Waals surface area (Å²) >= 11 is 1.53. The van der Waals surface area contributed by atoms with E-state index in [4.69, 9.17) is 5.41 Å². The molecule has 1 unspecified atom stereocenters. The molecule has 10 heteroatoms. The molecule has 2 N–H and O–H groups in total. The number of hydrogen-bond donors (Lipinski definition) is 2. The minimum atomic E-state index is -0.769. The fourth-order valence-corrected chi connectivity index (χ4v) is 5.24. The molecule has 1 amide bonds. The minimum Gasteiger partial charge on any atom is -0.353 e. The Hall–Kier alpha value is -3.40. The molecule has 3 aromatic heterocycles. The first-order valence-electron chi connectivity index (χ1n) is 9.33. The van der Waals surface area contributed by atoms with Crippen LogP contribution in [0.1, 0.15) is 4.88 Å². The predicted octanol–water partition coefficient (Wildman–Crippen LogP) is 2.07. The quantitative estimate of drug-likeness (QED) is 0.669. The molecule has 30 heavy (non-hydrogen) atoms. The summed E-state index contributed by atoms with van der Waals surface area (Å²) in [7, 11) is 1.60. The van der Waals surface area contributed by atoms with Crippen LogP contribution in [0.2, 0.25) is 0 Å². The van der Waals surface area contributed by atoms with E-state index in [0.29, 0.717) is 18.9 Å². The van der Waals surface area contributed by atoms with Crippen LogP contribution in [0.3, 0.4) is 0 Å². The lowest BCUT2D eigenvalue weighted by molar-refractivity contribution is -0.133. The van der Waals surface area contributed by atoms with Crippen molar-refractivity contribution in [2.45, 2.75) is 5.54 Å². The van der Waals surface area contributed by atoms with Gasteiger partial charge in [0.1, 0.15) is 23.5 Å². The van der Waals surface area contributed by atoms with Gasteiger partial charge in [-0.1, -0.05) is 0 Å². The molecule has 2 fully saturated rings. The second kappa shape index (κ2) is 6.84. The maximum atomic E-state index is 13.3. The predicted molar refractivity (Wildman–Crippen MR) is 111 cm³/mol. The molecule has 0 aromatic carbocycles. The Kier molecular flexibility index (Phi) is 4.24. The Balaban J connectivity index is 1.57. The lowest BCUT2D eigenvalue weighted by atomic mass is 9.82. The van der Waals surface area contributed by atoms with Gasteiger partial charge in [-0.05, 0) is 29.1 Å². The smallest absolute Gasteiger partial charge is 0.236 e. The molecule has 8 nitrogen and oxygen atoms in total. The van der Waals surface area contributed by atoms with E-state index < -0.39 is 17.3 Å². The molecule has 0 radical (unpaired) electrons. The molecule has 5 heterocycles. The zero-order valence-electron chi connectivity index (χ0n) is 16.0. The summed E-state index contributed by atoms with van der Waals surface area (Å²) in [6, 6.07) is 5.00. The normalized spacial score (nSPS) is 23.5. The van der Waals surface area contributed by atoms with Crippen LogP contribution in [0.4, 0.5) is 10.2 Å². The highest BCUT2D eigenvalue weighted by Crippen LogP contribution is 2.45. The van der Waals surface area contributed by atoms with Crippen molar-refractivity contribution in [2.75, 3.05) is 25.0 Å². The number of carbonyl (C=O) groups excluding carboxylic acids is 1. The van der Waals surface area contributed by atoms with E-state index in [1.165, 1.54) is 34.8 Å². The van der Waals surface area contributed by atoms with Crippen LogP contribution < -0.4 is 10.2 Å². The molecule has 0 saturated carbocycles. The van der Waals surface area contributed by atoms with Gasteiger partial charge in [0.25, 0.3) is 0 Å². The Bertz CT molecular complexity index is 1120. The lowest BCUT2D eigenvalue weighted by Crippen LogP contribution is -2.64. The molecule has 5 rings (SSSR count). The topological polar surface area (TPSA) is 98.1 Å². The van der Waals surface area contributed by atoms with Gasteiger partial charge >= 0.3 is 0 Å². The van der Waals surface area contributed by atoms with Crippen molar-refractivity contribution in [3.05, 3.63) is 59.2 Å². The highest BCUT2D eigenvalue weighted by molar-refractivity contribution is 7.10. The summed E-state index contributed by atoms with van der Waals surface area (Å²) in [5.74, 6) is -0.289. The number of fused-ring (bicyclic) bond motifs is 1. The zero-order valence-corrected chi connectivity index (χ0v) is 16.9. The van der Waals surface area contributed by atoms with Crippen LogP contribution in [0.25, 0.3) is 11.1 Å². The number of hydrogen-bond acceptors (Lipinski definition) is 7. The van der Waals surface area contributed by atoms with E-state index in [1.54, 1.807) is 25.5 Å². The summed E-state index contributed by atoms with van der Waals surface area (Å²) in [5.41, 5.74) is 1.08.